The van der Waals surface area contributed by atoms with Gasteiger partial charge in [-0.05, 0) is 57.9 Å². The van der Waals surface area contributed by atoms with Crippen LogP contribution >= 0.6 is 0 Å². The van der Waals surface area contributed by atoms with Gasteiger partial charge in [0.2, 0.25) is 0 Å². The van der Waals surface area contributed by atoms with Crippen LogP contribution in [0.5, 0.6) is 0 Å². The van der Waals surface area contributed by atoms with Crippen molar-refractivity contribution >= 4 is 0 Å². The molecule has 0 fully saturated rings. The molecule has 2 N–H and O–H groups in total. The molecule has 22 heavy (non-hydrogen) atoms. The molecular weight excluding hydrogens is 272 g/mol. The van der Waals surface area contributed by atoms with Crippen molar-refractivity contribution in [3.8, 4) is 0 Å². The van der Waals surface area contributed by atoms with Crippen LogP contribution in [0.15, 0.2) is 47.6 Å². The third-order valence-corrected chi connectivity index (χ3v) is 4.11. The molecule has 2 atom stereocenters. The maximum atomic E-state index is 10.4. The van der Waals surface area contributed by atoms with Crippen molar-refractivity contribution in [3.05, 3.63) is 47.6 Å². The van der Waals surface area contributed by atoms with Gasteiger partial charge >= 0.3 is 0 Å². The molecule has 2 heteroatoms. The molecule has 0 amide bonds. The van der Waals surface area contributed by atoms with Crippen molar-refractivity contribution in [1.82, 2.24) is 0 Å². The van der Waals surface area contributed by atoms with Crippen LogP contribution in [0.3, 0.4) is 0 Å². The molecule has 1 rings (SSSR count). The summed E-state index contributed by atoms with van der Waals surface area (Å²) in [6.07, 6.45) is 15.0. The fourth-order valence-electron chi connectivity index (χ4n) is 2.45. The predicted octanol–water partition coefficient (Wildman–Crippen LogP) is 4.70. The number of hydrogen-bond donors (Lipinski definition) is 2. The lowest BCUT2D eigenvalue weighted by atomic mass is 9.92. The van der Waals surface area contributed by atoms with E-state index in [0.717, 1.165) is 12.8 Å². The summed E-state index contributed by atoms with van der Waals surface area (Å²) in [5, 5.41) is 20.8. The third-order valence-electron chi connectivity index (χ3n) is 4.11. The lowest BCUT2D eigenvalue weighted by Crippen LogP contribution is -2.22. The average molecular weight is 304 g/mol. The Labute approximate surface area is 135 Å². The van der Waals surface area contributed by atoms with Gasteiger partial charge in [-0.3, -0.25) is 0 Å². The van der Waals surface area contributed by atoms with Crippen LogP contribution in [0.1, 0.15) is 60.3 Å². The second-order valence-corrected chi connectivity index (χ2v) is 7.31. The molecule has 0 radical (unpaired) electrons. The molecule has 1 aliphatic carbocycles. The summed E-state index contributed by atoms with van der Waals surface area (Å²) in [6.45, 7) is 10.1. The SMILES string of the molecule is C/C1=C\CC[C@@](C)(O)/C=C/C[C@](C)(O)/C=C/C(C(C)C)=C\C1. The summed E-state index contributed by atoms with van der Waals surface area (Å²) < 4.78 is 0. The molecule has 0 aromatic heterocycles. The number of rotatable bonds is 1. The second-order valence-electron chi connectivity index (χ2n) is 7.31. The summed E-state index contributed by atoms with van der Waals surface area (Å²) in [5.41, 5.74) is 0.853. The smallest absolute Gasteiger partial charge is 0.0837 e. The Kier molecular flexibility index (Phi) is 6.83. The zero-order chi connectivity index (χ0) is 16.8. The van der Waals surface area contributed by atoms with Crippen LogP contribution in [0.4, 0.5) is 0 Å². The second kappa shape index (κ2) is 7.94. The predicted molar refractivity (Wildman–Crippen MR) is 94.7 cm³/mol. The molecule has 124 valence electrons. The van der Waals surface area contributed by atoms with Crippen LogP contribution < -0.4 is 0 Å². The molecule has 0 saturated heterocycles. The topological polar surface area (TPSA) is 40.5 Å². The molecule has 0 bridgehead atoms. The third kappa shape index (κ3) is 7.24. The summed E-state index contributed by atoms with van der Waals surface area (Å²) in [6, 6.07) is 0. The molecular formula is C20H32O2. The standard InChI is InChI=1S/C20H32O2/c1-16(2)18-10-9-17(3)8-6-12-19(4,21)13-7-14-20(5,22)15-11-18/h7-8,10-11,13,15-16,21-22H,6,9,12,14H2,1-5H3/b13-7+,15-11+,17-8+,18-10+/t19-,20+/m1/s1. The molecule has 0 spiro atoms. The molecule has 0 aliphatic heterocycles. The monoisotopic (exact) mass is 304 g/mol. The van der Waals surface area contributed by atoms with Gasteiger partial charge in [0.05, 0.1) is 11.2 Å². The highest BCUT2D eigenvalue weighted by Gasteiger charge is 2.18. The number of allylic oxidation sites excluding steroid dienone is 5. The largest absolute Gasteiger partial charge is 0.386 e. The minimum absolute atomic E-state index is 0.434. The van der Waals surface area contributed by atoms with Gasteiger partial charge in [-0.1, -0.05) is 55.9 Å². The first-order valence-corrected chi connectivity index (χ1v) is 8.29. The van der Waals surface area contributed by atoms with Gasteiger partial charge < -0.3 is 10.2 Å². The van der Waals surface area contributed by atoms with Crippen molar-refractivity contribution in [2.45, 2.75) is 71.5 Å². The summed E-state index contributed by atoms with van der Waals surface area (Å²) in [7, 11) is 0. The Morgan fingerprint density at radius 2 is 1.73 bits per heavy atom. The van der Waals surface area contributed by atoms with Crippen molar-refractivity contribution < 1.29 is 10.2 Å². The quantitative estimate of drug-likeness (QED) is 0.689. The van der Waals surface area contributed by atoms with Gasteiger partial charge in [0.25, 0.3) is 0 Å². The highest BCUT2D eigenvalue weighted by molar-refractivity contribution is 5.25. The number of aliphatic hydroxyl groups is 2. The maximum absolute atomic E-state index is 10.4. The Morgan fingerprint density at radius 1 is 1.05 bits per heavy atom. The Bertz CT molecular complexity index is 474. The van der Waals surface area contributed by atoms with E-state index in [9.17, 15) is 10.2 Å². The minimum Gasteiger partial charge on any atom is -0.386 e. The highest BCUT2D eigenvalue weighted by atomic mass is 16.3. The van der Waals surface area contributed by atoms with Crippen molar-refractivity contribution in [2.75, 3.05) is 0 Å². The van der Waals surface area contributed by atoms with Gasteiger partial charge in [-0.25, -0.2) is 0 Å². The van der Waals surface area contributed by atoms with Crippen molar-refractivity contribution in [2.24, 2.45) is 5.92 Å². The van der Waals surface area contributed by atoms with E-state index in [2.05, 4.69) is 32.9 Å². The minimum atomic E-state index is -0.893. The molecule has 0 unspecified atom stereocenters. The maximum Gasteiger partial charge on any atom is 0.0837 e. The lowest BCUT2D eigenvalue weighted by Gasteiger charge is -2.21. The van der Waals surface area contributed by atoms with Crippen LogP contribution in [0, 0.1) is 5.92 Å². The normalized spacial score (nSPS) is 39.3. The van der Waals surface area contributed by atoms with Crippen molar-refractivity contribution in [3.63, 3.8) is 0 Å². The Balaban J connectivity index is 3.06. The molecule has 0 saturated carbocycles. The first-order chi connectivity index (χ1) is 10.1. The van der Waals surface area contributed by atoms with E-state index in [1.165, 1.54) is 11.1 Å². The molecule has 0 aromatic rings. The van der Waals surface area contributed by atoms with E-state index in [4.69, 9.17) is 0 Å². The van der Waals surface area contributed by atoms with E-state index in [1.807, 2.05) is 31.2 Å². The van der Waals surface area contributed by atoms with Crippen LogP contribution in [-0.2, 0) is 0 Å². The van der Waals surface area contributed by atoms with Gasteiger partial charge in [0, 0.05) is 0 Å². The Hall–Kier alpha value is -1.12. The van der Waals surface area contributed by atoms with E-state index in [-0.39, 0.29) is 0 Å². The van der Waals surface area contributed by atoms with Gasteiger partial charge in [-0.2, -0.15) is 0 Å². The van der Waals surface area contributed by atoms with Gasteiger partial charge in [-0.15, -0.1) is 0 Å². The molecule has 2 nitrogen and oxygen atoms in total. The van der Waals surface area contributed by atoms with Crippen LogP contribution in [0.25, 0.3) is 0 Å². The average Bonchev–Trinajstić information content (AvgIpc) is 2.36. The van der Waals surface area contributed by atoms with E-state index >= 15 is 0 Å². The van der Waals surface area contributed by atoms with E-state index < -0.39 is 11.2 Å². The first-order valence-electron chi connectivity index (χ1n) is 8.29. The van der Waals surface area contributed by atoms with Crippen LogP contribution in [-0.4, -0.2) is 21.4 Å². The molecule has 0 heterocycles. The summed E-state index contributed by atoms with van der Waals surface area (Å²) in [4.78, 5) is 0. The van der Waals surface area contributed by atoms with Gasteiger partial charge in [0.1, 0.15) is 0 Å². The van der Waals surface area contributed by atoms with E-state index in [0.29, 0.717) is 18.8 Å². The lowest BCUT2D eigenvalue weighted by molar-refractivity contribution is 0.0988. The summed E-state index contributed by atoms with van der Waals surface area (Å²) in [5.74, 6) is 0.434. The van der Waals surface area contributed by atoms with Crippen molar-refractivity contribution in [1.29, 1.82) is 0 Å². The van der Waals surface area contributed by atoms with Crippen LogP contribution in [0.2, 0.25) is 0 Å². The zero-order valence-corrected chi connectivity index (χ0v) is 14.8. The number of hydrogen-bond acceptors (Lipinski definition) is 2. The fraction of sp³-hybridized carbons (Fsp3) is 0.600. The fourth-order valence-corrected chi connectivity index (χ4v) is 2.45. The van der Waals surface area contributed by atoms with E-state index in [1.54, 1.807) is 6.92 Å². The zero-order valence-electron chi connectivity index (χ0n) is 14.8. The van der Waals surface area contributed by atoms with Gasteiger partial charge in [0.15, 0.2) is 0 Å². The molecule has 1 aliphatic rings. The Morgan fingerprint density at radius 3 is 2.36 bits per heavy atom. The highest BCUT2D eigenvalue weighted by Crippen LogP contribution is 2.22. The molecule has 0 aromatic carbocycles. The first kappa shape index (κ1) is 18.9. The summed E-state index contributed by atoms with van der Waals surface area (Å²) >= 11 is 0.